The van der Waals surface area contributed by atoms with Gasteiger partial charge in [0.25, 0.3) is 0 Å². The van der Waals surface area contributed by atoms with Crippen molar-refractivity contribution in [2.24, 2.45) is 5.92 Å². The maximum atomic E-state index is 12.8. The summed E-state index contributed by atoms with van der Waals surface area (Å²) >= 11 is 5.14. The first-order chi connectivity index (χ1) is 11.2. The number of fused-ring (bicyclic) bond motifs is 1. The Morgan fingerprint density at radius 1 is 1.35 bits per heavy atom. The standard InChI is InChI=1S/C17H14BrN3OS/c18-13-4-3-11-6-16(20-15(11)7-13)17(22)12-9-21(23-10-12)14-2-1-5-19-8-14/h1-8,12,20H,9-10H2. The molecular weight excluding hydrogens is 374 g/mol. The average Bonchev–Trinajstić information content (AvgIpc) is 3.21. The fraction of sp³-hybridized carbons (Fsp3) is 0.176. The number of carbonyl (C=O) groups is 1. The van der Waals surface area contributed by atoms with E-state index in [4.69, 9.17) is 0 Å². The predicted molar refractivity (Wildman–Crippen MR) is 97.9 cm³/mol. The topological polar surface area (TPSA) is 49.0 Å². The zero-order valence-corrected chi connectivity index (χ0v) is 14.6. The number of H-pyrrole nitrogens is 1. The minimum atomic E-state index is -0.00305. The average molecular weight is 388 g/mol. The highest BCUT2D eigenvalue weighted by Gasteiger charge is 2.31. The SMILES string of the molecule is O=C(c1cc2ccc(Br)cc2[nH]1)C1CSN(c2cccnc2)C1. The van der Waals surface area contributed by atoms with Crippen molar-refractivity contribution < 1.29 is 4.79 Å². The molecule has 6 heteroatoms. The molecular formula is C17H14BrN3OS. The summed E-state index contributed by atoms with van der Waals surface area (Å²) in [6, 6.07) is 11.9. The van der Waals surface area contributed by atoms with E-state index in [9.17, 15) is 4.79 Å². The molecule has 1 unspecified atom stereocenters. The monoisotopic (exact) mass is 387 g/mol. The van der Waals surface area contributed by atoms with Gasteiger partial charge in [0.15, 0.2) is 5.78 Å². The second kappa shape index (κ2) is 6.02. The molecule has 23 heavy (non-hydrogen) atoms. The third-order valence-corrected chi connectivity index (χ3v) is 5.69. The van der Waals surface area contributed by atoms with Crippen molar-refractivity contribution in [3.8, 4) is 0 Å². The Morgan fingerprint density at radius 3 is 3.09 bits per heavy atom. The highest BCUT2D eigenvalue weighted by atomic mass is 79.9. The Hall–Kier alpha value is -1.79. The minimum absolute atomic E-state index is 0.00305. The summed E-state index contributed by atoms with van der Waals surface area (Å²) in [7, 11) is 0. The Labute approximate surface area is 146 Å². The van der Waals surface area contributed by atoms with Crippen molar-refractivity contribution in [2.45, 2.75) is 0 Å². The first-order valence-corrected chi connectivity index (χ1v) is 9.07. The third-order valence-electron chi connectivity index (χ3n) is 3.97. The highest BCUT2D eigenvalue weighted by Crippen LogP contribution is 2.33. The molecule has 1 N–H and O–H groups in total. The molecule has 3 heterocycles. The lowest BCUT2D eigenvalue weighted by Crippen LogP contribution is -2.22. The number of pyridine rings is 1. The van der Waals surface area contributed by atoms with Crippen molar-refractivity contribution in [3.05, 3.63) is 59.0 Å². The van der Waals surface area contributed by atoms with Crippen LogP contribution in [0.4, 0.5) is 5.69 Å². The molecule has 1 aliphatic heterocycles. The number of ketones is 1. The summed E-state index contributed by atoms with van der Waals surface area (Å²) in [5.41, 5.74) is 2.72. The normalized spacial score (nSPS) is 17.8. The Balaban J connectivity index is 1.55. The first-order valence-electron chi connectivity index (χ1n) is 7.34. The molecule has 1 aromatic carbocycles. The maximum Gasteiger partial charge on any atom is 0.184 e. The molecule has 0 spiro atoms. The molecule has 1 aliphatic rings. The summed E-state index contributed by atoms with van der Waals surface area (Å²) < 4.78 is 3.15. The highest BCUT2D eigenvalue weighted by molar-refractivity contribution is 9.10. The lowest BCUT2D eigenvalue weighted by Gasteiger charge is -2.15. The van der Waals surface area contributed by atoms with Crippen molar-refractivity contribution in [2.75, 3.05) is 16.6 Å². The Kier molecular flexibility index (Phi) is 3.87. The van der Waals surface area contributed by atoms with E-state index in [-0.39, 0.29) is 11.7 Å². The van der Waals surface area contributed by atoms with Gasteiger partial charge in [-0.2, -0.15) is 0 Å². The van der Waals surface area contributed by atoms with Crippen molar-refractivity contribution in [3.63, 3.8) is 0 Å². The number of nitrogens with one attached hydrogen (secondary N) is 1. The Morgan fingerprint density at radius 2 is 2.26 bits per heavy atom. The summed E-state index contributed by atoms with van der Waals surface area (Å²) in [4.78, 5) is 20.2. The van der Waals surface area contributed by atoms with Crippen LogP contribution in [0.25, 0.3) is 10.9 Å². The van der Waals surface area contributed by atoms with Crippen molar-refractivity contribution >= 4 is 50.3 Å². The van der Waals surface area contributed by atoms with E-state index in [2.05, 4.69) is 30.2 Å². The first kappa shape index (κ1) is 14.8. The van der Waals surface area contributed by atoms with E-state index in [0.29, 0.717) is 12.2 Å². The molecule has 1 saturated heterocycles. The van der Waals surface area contributed by atoms with Crippen LogP contribution >= 0.6 is 27.9 Å². The van der Waals surface area contributed by atoms with Crippen LogP contribution in [-0.2, 0) is 0 Å². The van der Waals surface area contributed by atoms with Gasteiger partial charge in [-0.3, -0.25) is 9.78 Å². The minimum Gasteiger partial charge on any atom is -0.352 e. The molecule has 4 nitrogen and oxygen atoms in total. The van der Waals surface area contributed by atoms with Crippen LogP contribution < -0.4 is 4.31 Å². The summed E-state index contributed by atoms with van der Waals surface area (Å²) in [6.45, 7) is 0.717. The van der Waals surface area contributed by atoms with Gasteiger partial charge in [0.2, 0.25) is 0 Å². The third kappa shape index (κ3) is 2.88. The number of anilines is 1. The number of hydrogen-bond acceptors (Lipinski definition) is 4. The molecule has 0 aliphatic carbocycles. The van der Waals surface area contributed by atoms with Crippen LogP contribution in [0.15, 0.2) is 53.3 Å². The van der Waals surface area contributed by atoms with Crippen LogP contribution in [0.1, 0.15) is 10.5 Å². The van der Waals surface area contributed by atoms with Crippen molar-refractivity contribution in [1.82, 2.24) is 9.97 Å². The van der Waals surface area contributed by atoms with Crippen LogP contribution in [-0.4, -0.2) is 28.0 Å². The second-order valence-electron chi connectivity index (χ2n) is 5.54. The lowest BCUT2D eigenvalue weighted by molar-refractivity contribution is 0.0936. The number of rotatable bonds is 3. The Bertz CT molecular complexity index is 865. The lowest BCUT2D eigenvalue weighted by atomic mass is 10.0. The van der Waals surface area contributed by atoms with Gasteiger partial charge < -0.3 is 9.29 Å². The number of aromatic nitrogens is 2. The zero-order chi connectivity index (χ0) is 15.8. The molecule has 0 bridgehead atoms. The van der Waals surface area contributed by atoms with E-state index in [1.54, 1.807) is 18.1 Å². The van der Waals surface area contributed by atoms with Gasteiger partial charge in [0.05, 0.1) is 23.5 Å². The zero-order valence-electron chi connectivity index (χ0n) is 12.2. The van der Waals surface area contributed by atoms with Gasteiger partial charge in [0, 0.05) is 33.9 Å². The largest absolute Gasteiger partial charge is 0.352 e. The predicted octanol–water partition coefficient (Wildman–Crippen LogP) is 4.29. The quantitative estimate of drug-likeness (QED) is 0.537. The van der Waals surface area contributed by atoms with Gasteiger partial charge in [-0.25, -0.2) is 0 Å². The van der Waals surface area contributed by atoms with Crippen molar-refractivity contribution in [1.29, 1.82) is 0 Å². The van der Waals surface area contributed by atoms with Crippen LogP contribution in [0.3, 0.4) is 0 Å². The number of carbonyl (C=O) groups excluding carboxylic acids is 1. The maximum absolute atomic E-state index is 12.8. The molecule has 2 aromatic heterocycles. The molecule has 4 rings (SSSR count). The number of Topliss-reactive ketones (excluding diaryl/α,β-unsaturated/α-hetero) is 1. The van der Waals surface area contributed by atoms with Gasteiger partial charge in [-0.1, -0.05) is 22.0 Å². The van der Waals surface area contributed by atoms with Crippen LogP contribution in [0, 0.1) is 5.92 Å². The number of benzene rings is 1. The second-order valence-corrected chi connectivity index (χ2v) is 7.49. The van der Waals surface area contributed by atoms with Gasteiger partial charge >= 0.3 is 0 Å². The number of hydrogen-bond donors (Lipinski definition) is 1. The number of halogens is 1. The fourth-order valence-electron chi connectivity index (χ4n) is 2.78. The van der Waals surface area contributed by atoms with Crippen LogP contribution in [0.2, 0.25) is 0 Å². The van der Waals surface area contributed by atoms with Gasteiger partial charge in [0.1, 0.15) is 0 Å². The fourth-order valence-corrected chi connectivity index (χ4v) is 4.30. The summed E-state index contributed by atoms with van der Waals surface area (Å²) in [5.74, 6) is 0.972. The number of aromatic amines is 1. The molecule has 1 fully saturated rings. The molecule has 116 valence electrons. The summed E-state index contributed by atoms with van der Waals surface area (Å²) in [6.07, 6.45) is 3.59. The number of nitrogens with zero attached hydrogens (tertiary/aromatic N) is 2. The summed E-state index contributed by atoms with van der Waals surface area (Å²) in [5, 5.41) is 1.06. The van der Waals surface area contributed by atoms with Crippen LogP contribution in [0.5, 0.6) is 0 Å². The van der Waals surface area contributed by atoms with E-state index < -0.39 is 0 Å². The van der Waals surface area contributed by atoms with E-state index in [1.165, 1.54) is 0 Å². The van der Waals surface area contributed by atoms with E-state index in [0.717, 1.165) is 26.8 Å². The van der Waals surface area contributed by atoms with E-state index >= 15 is 0 Å². The molecule has 1 atom stereocenters. The van der Waals surface area contributed by atoms with E-state index in [1.807, 2.05) is 42.6 Å². The van der Waals surface area contributed by atoms with Gasteiger partial charge in [-0.15, -0.1) is 0 Å². The molecule has 3 aromatic rings. The molecule has 0 saturated carbocycles. The molecule has 0 radical (unpaired) electrons. The smallest absolute Gasteiger partial charge is 0.184 e. The van der Waals surface area contributed by atoms with Gasteiger partial charge in [-0.05, 0) is 42.3 Å². The molecule has 0 amide bonds.